The second-order valence-corrected chi connectivity index (χ2v) is 13.3. The number of aromatic amines is 1. The molecule has 13 nitrogen and oxygen atoms in total. The number of carbonyl (C=O) groups is 1. The Bertz CT molecular complexity index is 1510. The Morgan fingerprint density at radius 3 is 2.57 bits per heavy atom. The summed E-state index contributed by atoms with van der Waals surface area (Å²) in [6, 6.07) is 6.58. The molecular formula is C26H34FN4O9PS. The van der Waals surface area contributed by atoms with Crippen LogP contribution in [0.1, 0.15) is 38.9 Å². The monoisotopic (exact) mass is 628 g/mol. The summed E-state index contributed by atoms with van der Waals surface area (Å²) >= 11 is 1.50. The van der Waals surface area contributed by atoms with Gasteiger partial charge in [-0.2, -0.15) is 0 Å². The molecule has 0 saturated carbocycles. The van der Waals surface area contributed by atoms with Crippen LogP contribution in [0.3, 0.4) is 0 Å². The van der Waals surface area contributed by atoms with Crippen molar-refractivity contribution in [1.29, 1.82) is 0 Å². The summed E-state index contributed by atoms with van der Waals surface area (Å²) in [7, 11) is -4.52. The molecule has 4 rings (SSSR count). The van der Waals surface area contributed by atoms with E-state index in [9.17, 15) is 24.4 Å². The average molecular weight is 629 g/mol. The van der Waals surface area contributed by atoms with Gasteiger partial charge >= 0.3 is 245 Å². The van der Waals surface area contributed by atoms with Gasteiger partial charge < -0.3 is 0 Å². The average Bonchev–Trinajstić information content (AvgIpc) is 3.43. The number of H-pyrrole nitrogens is 1. The summed E-state index contributed by atoms with van der Waals surface area (Å²) in [6.45, 7) is 7.12. The van der Waals surface area contributed by atoms with Gasteiger partial charge in [0.2, 0.25) is 0 Å². The van der Waals surface area contributed by atoms with Gasteiger partial charge in [-0.05, 0) is 0 Å². The number of esters is 1. The Hall–Kier alpha value is -3.04. The molecule has 1 aromatic carbocycles. The van der Waals surface area contributed by atoms with E-state index < -0.39 is 68.2 Å². The number of thiazole rings is 1. The van der Waals surface area contributed by atoms with E-state index in [1.165, 1.54) is 18.3 Å². The number of nitrogens with zero attached hydrogens (tertiary/aromatic N) is 2. The molecule has 0 spiro atoms. The number of halogens is 1. The number of benzene rings is 1. The minimum absolute atomic E-state index is 0.192. The van der Waals surface area contributed by atoms with Crippen LogP contribution in [-0.4, -0.2) is 67.1 Å². The third-order valence-corrected chi connectivity index (χ3v) is 9.04. The van der Waals surface area contributed by atoms with E-state index in [0.717, 1.165) is 40.0 Å². The molecule has 4 N–H and O–H groups in total. The van der Waals surface area contributed by atoms with Crippen molar-refractivity contribution in [3.63, 3.8) is 0 Å². The van der Waals surface area contributed by atoms with Gasteiger partial charge in [-0.1, -0.05) is 0 Å². The molecule has 1 saturated heterocycles. The molecule has 0 bridgehead atoms. The van der Waals surface area contributed by atoms with E-state index in [1.54, 1.807) is 38.1 Å². The van der Waals surface area contributed by atoms with Crippen LogP contribution in [0.5, 0.6) is 5.75 Å². The fraction of sp³-hybridized carbons (Fsp3) is 0.462. The van der Waals surface area contributed by atoms with Crippen LogP contribution < -0.4 is 20.9 Å². The van der Waals surface area contributed by atoms with Gasteiger partial charge in [0.25, 0.3) is 0 Å². The Labute approximate surface area is 244 Å². The Kier molecular flexibility index (Phi) is 9.62. The van der Waals surface area contributed by atoms with E-state index in [1.807, 2.05) is 17.3 Å². The minimum atomic E-state index is -4.52. The van der Waals surface area contributed by atoms with Gasteiger partial charge in [0.1, 0.15) is 0 Å². The molecule has 16 heteroatoms. The number of nitrogens with one attached hydrogen (secondary N) is 2. The van der Waals surface area contributed by atoms with E-state index >= 15 is 4.39 Å². The summed E-state index contributed by atoms with van der Waals surface area (Å²) in [5.74, 6) is -0.485. The first-order valence-corrected chi connectivity index (χ1v) is 15.7. The second kappa shape index (κ2) is 12.7. The number of aliphatic hydroxyl groups is 1. The number of aromatic nitrogens is 3. The fourth-order valence-corrected chi connectivity index (χ4v) is 6.61. The Morgan fingerprint density at radius 2 is 1.98 bits per heavy atom. The molecule has 5 atom stereocenters. The predicted molar refractivity (Wildman–Crippen MR) is 154 cm³/mol. The van der Waals surface area contributed by atoms with Crippen molar-refractivity contribution in [2.75, 3.05) is 6.61 Å². The summed E-state index contributed by atoms with van der Waals surface area (Å²) in [5, 5.41) is 16.2. The van der Waals surface area contributed by atoms with Crippen LogP contribution in [0.2, 0.25) is 0 Å². The summed E-state index contributed by atoms with van der Waals surface area (Å²) in [5.41, 5.74) is -2.52. The number of aliphatic hydroxyl groups excluding tert-OH is 1. The van der Waals surface area contributed by atoms with Gasteiger partial charge in [0.15, 0.2) is 0 Å². The van der Waals surface area contributed by atoms with Crippen molar-refractivity contribution in [3.05, 3.63) is 67.8 Å². The number of alkyl halides is 1. The van der Waals surface area contributed by atoms with Crippen molar-refractivity contribution in [3.8, 4) is 17.0 Å². The molecule has 0 amide bonds. The zero-order valence-corrected chi connectivity index (χ0v) is 25.4. The standard InChI is InChI=1S/C26H34FN4O9PS/c1-14(2)38-23(34)15(3)30-41(36,40-18-8-6-17(7-9-18)19-13-42-16(4)28-19)37-12-20-22(33)26(5,27)24(39-20)31-11-10-21(32)29-25(31)35/h6-11,13-15,20,22,24,30,33,36,41H,12H2,1-5H3,(H,29,32,35)/t15-,20+,22+,24+,26+/m0/s1. The molecule has 0 radical (unpaired) electrons. The first kappa shape index (κ1) is 31.9. The zero-order chi connectivity index (χ0) is 30.8. The normalized spacial score (nSPS) is 23.6. The molecular weight excluding hydrogens is 594 g/mol. The van der Waals surface area contributed by atoms with Crippen LogP contribution >= 0.6 is 19.4 Å². The molecule has 1 aliphatic rings. The van der Waals surface area contributed by atoms with Crippen molar-refractivity contribution < 1.29 is 37.7 Å². The number of hydrogen-bond donors (Lipinski definition) is 4. The summed E-state index contributed by atoms with van der Waals surface area (Å²) in [4.78, 5) is 54.1. The number of carbonyl (C=O) groups excluding carboxylic acids is 1. The molecule has 42 heavy (non-hydrogen) atoms. The van der Waals surface area contributed by atoms with Crippen molar-refractivity contribution in [2.24, 2.45) is 0 Å². The van der Waals surface area contributed by atoms with Gasteiger partial charge in [-0.25, -0.2) is 0 Å². The number of ether oxygens (including phenoxy) is 2. The van der Waals surface area contributed by atoms with Crippen LogP contribution in [0, 0.1) is 6.92 Å². The topological polar surface area (TPSA) is 174 Å². The van der Waals surface area contributed by atoms with Crippen molar-refractivity contribution in [2.45, 2.75) is 70.9 Å². The molecule has 2 aromatic heterocycles. The van der Waals surface area contributed by atoms with Crippen LogP contribution in [-0.2, 0) is 18.8 Å². The maximum atomic E-state index is 15.6. The first-order chi connectivity index (χ1) is 19.7. The quantitative estimate of drug-likeness (QED) is 0.181. The third kappa shape index (κ3) is 7.29. The second-order valence-electron chi connectivity index (χ2n) is 10.3. The van der Waals surface area contributed by atoms with E-state index in [2.05, 4.69) is 10.1 Å². The van der Waals surface area contributed by atoms with E-state index in [0.29, 0.717) is 0 Å². The summed E-state index contributed by atoms with van der Waals surface area (Å²) in [6.07, 6.45) is -4.16. The van der Waals surface area contributed by atoms with Gasteiger partial charge in [0.05, 0.1) is 0 Å². The molecule has 0 unspecified atom stereocenters. The van der Waals surface area contributed by atoms with Crippen molar-refractivity contribution >= 4 is 25.4 Å². The molecule has 3 heterocycles. The molecule has 3 aromatic rings. The van der Waals surface area contributed by atoms with E-state index in [4.69, 9.17) is 18.5 Å². The SMILES string of the molecule is Cc1nc(-c2ccc(O[PH](O)(N[C@@H](C)C(=O)OC(C)C)OC[C@H]3O[C@@H](n4ccc(=O)[nH]c4=O)[C@](C)(F)[C@@H]3O)cc2)cs1. The number of rotatable bonds is 11. The predicted octanol–water partition coefficient (Wildman–Crippen LogP) is 2.38. The number of aryl methyl sites for hydroxylation is 1. The Morgan fingerprint density at radius 1 is 1.29 bits per heavy atom. The maximum absolute atomic E-state index is 15.6. The molecule has 1 aliphatic heterocycles. The van der Waals surface area contributed by atoms with Crippen molar-refractivity contribution in [1.82, 2.24) is 19.6 Å². The van der Waals surface area contributed by atoms with Crippen LogP contribution in [0.15, 0.2) is 51.5 Å². The Balaban J connectivity index is 1.54. The molecule has 230 valence electrons. The van der Waals surface area contributed by atoms with Gasteiger partial charge in [-0.3, -0.25) is 0 Å². The number of hydrogen-bond acceptors (Lipinski definition) is 12. The first-order valence-electron chi connectivity index (χ1n) is 13.1. The third-order valence-electron chi connectivity index (χ3n) is 6.39. The summed E-state index contributed by atoms with van der Waals surface area (Å²) < 4.78 is 38.8. The fourth-order valence-electron chi connectivity index (χ4n) is 4.27. The van der Waals surface area contributed by atoms with E-state index in [-0.39, 0.29) is 5.75 Å². The van der Waals surface area contributed by atoms with Gasteiger partial charge in [-0.15, -0.1) is 0 Å². The van der Waals surface area contributed by atoms with Crippen LogP contribution in [0.25, 0.3) is 11.3 Å². The molecule has 1 fully saturated rings. The molecule has 0 aliphatic carbocycles. The zero-order valence-electron chi connectivity index (χ0n) is 23.6. The van der Waals surface area contributed by atoms with Crippen LogP contribution in [0.4, 0.5) is 4.39 Å². The van der Waals surface area contributed by atoms with Gasteiger partial charge in [0, 0.05) is 0 Å².